The van der Waals surface area contributed by atoms with E-state index in [2.05, 4.69) is 42.1 Å². The van der Waals surface area contributed by atoms with Crippen molar-refractivity contribution in [2.45, 2.75) is 26.8 Å². The Morgan fingerprint density at radius 3 is 2.69 bits per heavy atom. The summed E-state index contributed by atoms with van der Waals surface area (Å²) in [5.41, 5.74) is 3.72. The molecule has 3 aromatic rings. The number of nitrogens with zero attached hydrogens (tertiary/aromatic N) is 4. The maximum Gasteiger partial charge on any atom is 0.255 e. The fourth-order valence-corrected chi connectivity index (χ4v) is 4.21. The van der Waals surface area contributed by atoms with E-state index in [0.717, 1.165) is 11.1 Å². The Kier molecular flexibility index (Phi) is 6.13. The molecule has 1 amide bonds. The Labute approximate surface area is 193 Å². The van der Waals surface area contributed by atoms with Crippen molar-refractivity contribution in [2.24, 2.45) is 0 Å². The number of carbonyl (C=O) groups excluding carboxylic acids is 1. The number of carbonyl (C=O) groups is 1. The Hall–Kier alpha value is -3.40. The van der Waals surface area contributed by atoms with Gasteiger partial charge in [-0.15, -0.1) is 0 Å². The van der Waals surface area contributed by atoms with E-state index in [1.165, 1.54) is 0 Å². The first kappa shape index (κ1) is 21.8. The summed E-state index contributed by atoms with van der Waals surface area (Å²) in [7, 11) is 1.57. The fourth-order valence-electron chi connectivity index (χ4n) is 3.63. The van der Waals surface area contributed by atoms with Crippen LogP contribution in [-0.2, 0) is 4.79 Å². The third-order valence-electron chi connectivity index (χ3n) is 5.12. The van der Waals surface area contributed by atoms with Crippen molar-refractivity contribution in [2.75, 3.05) is 24.4 Å². The third-order valence-corrected chi connectivity index (χ3v) is 5.71. The van der Waals surface area contributed by atoms with Crippen LogP contribution >= 0.6 is 15.9 Å². The molecule has 166 valence electrons. The van der Waals surface area contributed by atoms with Gasteiger partial charge in [-0.2, -0.15) is 4.68 Å². The molecule has 1 unspecified atom stereocenters. The summed E-state index contributed by atoms with van der Waals surface area (Å²) in [6.07, 6.45) is 0. The molecular weight excluding hydrogens is 476 g/mol. The Bertz CT molecular complexity index is 1190. The number of fused-ring (bicyclic) bond motifs is 1. The lowest BCUT2D eigenvalue weighted by molar-refractivity contribution is -0.113. The van der Waals surface area contributed by atoms with E-state index in [1.54, 1.807) is 11.8 Å². The molecule has 0 radical (unpaired) electrons. The van der Waals surface area contributed by atoms with Crippen molar-refractivity contribution in [3.63, 3.8) is 0 Å². The number of anilines is 2. The summed E-state index contributed by atoms with van der Waals surface area (Å²) in [5.74, 6) is 1.33. The normalized spacial score (nSPS) is 15.1. The molecule has 1 aliphatic heterocycles. The zero-order chi connectivity index (χ0) is 22.8. The molecule has 0 fully saturated rings. The van der Waals surface area contributed by atoms with Gasteiger partial charge < -0.3 is 20.1 Å². The standard InChI is InChI=1S/C22H23BrN6O3/c1-5-32-20-16(23)10-14(11-17(20)31-4)19-18(13(3)24-22-26-27-28-29(19)22)21(30)25-15-8-6-12(2)7-9-15/h6-11,19H,5H2,1-4H3,(H,25,30)(H,24,26,28). The number of tetrazole rings is 1. The number of allylic oxidation sites excluding steroid dienone is 1. The van der Waals surface area contributed by atoms with Crippen LogP contribution in [0.4, 0.5) is 11.6 Å². The van der Waals surface area contributed by atoms with Gasteiger partial charge in [-0.05, 0) is 77.0 Å². The van der Waals surface area contributed by atoms with Crippen LogP contribution in [0.2, 0.25) is 0 Å². The van der Waals surface area contributed by atoms with Gasteiger partial charge in [-0.1, -0.05) is 22.8 Å². The van der Waals surface area contributed by atoms with Crippen molar-refractivity contribution in [3.05, 3.63) is 63.3 Å². The van der Waals surface area contributed by atoms with Gasteiger partial charge in [0.25, 0.3) is 5.91 Å². The number of hydrogen-bond donors (Lipinski definition) is 2. The molecule has 1 atom stereocenters. The van der Waals surface area contributed by atoms with Gasteiger partial charge in [-0.25, -0.2) is 0 Å². The number of aryl methyl sites for hydroxylation is 1. The largest absolute Gasteiger partial charge is 0.493 e. The van der Waals surface area contributed by atoms with Gasteiger partial charge in [0.15, 0.2) is 11.5 Å². The second-order valence-corrected chi connectivity index (χ2v) is 8.15. The predicted octanol–water partition coefficient (Wildman–Crippen LogP) is 4.08. The average Bonchev–Trinajstić information content (AvgIpc) is 3.23. The Balaban J connectivity index is 1.80. The van der Waals surface area contributed by atoms with Crippen molar-refractivity contribution in [1.29, 1.82) is 0 Å². The molecular formula is C22H23BrN6O3. The first-order valence-electron chi connectivity index (χ1n) is 10.1. The summed E-state index contributed by atoms with van der Waals surface area (Å²) < 4.78 is 13.6. The van der Waals surface area contributed by atoms with Crippen molar-refractivity contribution in [1.82, 2.24) is 20.2 Å². The Morgan fingerprint density at radius 1 is 1.25 bits per heavy atom. The number of methoxy groups -OCH3 is 1. The third kappa shape index (κ3) is 4.05. The molecule has 1 aromatic heterocycles. The minimum atomic E-state index is -0.576. The second kappa shape index (κ2) is 8.99. The number of hydrogen-bond acceptors (Lipinski definition) is 7. The lowest BCUT2D eigenvalue weighted by atomic mass is 9.94. The smallest absolute Gasteiger partial charge is 0.255 e. The number of rotatable bonds is 6. The monoisotopic (exact) mass is 498 g/mol. The highest BCUT2D eigenvalue weighted by molar-refractivity contribution is 9.10. The molecule has 0 bridgehead atoms. The SMILES string of the molecule is CCOc1c(Br)cc(C2C(C(=O)Nc3ccc(C)cc3)=C(C)Nc3nnnn32)cc1OC. The Morgan fingerprint density at radius 2 is 2.00 bits per heavy atom. The van der Waals surface area contributed by atoms with Gasteiger partial charge in [0, 0.05) is 11.4 Å². The molecule has 0 saturated heterocycles. The van der Waals surface area contributed by atoms with Crippen LogP contribution in [0.3, 0.4) is 0 Å². The van der Waals surface area contributed by atoms with Crippen LogP contribution in [-0.4, -0.2) is 39.8 Å². The summed E-state index contributed by atoms with van der Waals surface area (Å²) >= 11 is 3.57. The molecule has 10 heteroatoms. The number of nitrogens with one attached hydrogen (secondary N) is 2. The minimum Gasteiger partial charge on any atom is -0.493 e. The first-order chi connectivity index (χ1) is 15.4. The number of halogens is 1. The van der Waals surface area contributed by atoms with Gasteiger partial charge in [0.05, 0.1) is 23.8 Å². The highest BCUT2D eigenvalue weighted by Crippen LogP contribution is 2.42. The maximum atomic E-state index is 13.4. The molecule has 32 heavy (non-hydrogen) atoms. The van der Waals surface area contributed by atoms with E-state index in [1.807, 2.05) is 57.2 Å². The summed E-state index contributed by atoms with van der Waals surface area (Å²) in [4.78, 5) is 13.4. The lowest BCUT2D eigenvalue weighted by Crippen LogP contribution is -2.31. The topological polar surface area (TPSA) is 103 Å². The van der Waals surface area contributed by atoms with Crippen LogP contribution < -0.4 is 20.1 Å². The molecule has 0 aliphatic carbocycles. The predicted molar refractivity (Wildman–Crippen MR) is 124 cm³/mol. The molecule has 9 nitrogen and oxygen atoms in total. The van der Waals surface area contributed by atoms with E-state index in [4.69, 9.17) is 9.47 Å². The first-order valence-corrected chi connectivity index (χ1v) is 10.9. The number of aromatic nitrogens is 4. The molecule has 4 rings (SSSR count). The highest BCUT2D eigenvalue weighted by atomic mass is 79.9. The zero-order valence-electron chi connectivity index (χ0n) is 18.1. The number of benzene rings is 2. The van der Waals surface area contributed by atoms with Crippen molar-refractivity contribution in [3.8, 4) is 11.5 Å². The number of ether oxygens (including phenoxy) is 2. The van der Waals surface area contributed by atoms with Gasteiger partial charge in [-0.3, -0.25) is 4.79 Å². The van der Waals surface area contributed by atoms with Crippen molar-refractivity contribution >= 4 is 33.5 Å². The van der Waals surface area contributed by atoms with Crippen LogP contribution in [0.15, 0.2) is 52.1 Å². The summed E-state index contributed by atoms with van der Waals surface area (Å²) in [5, 5.41) is 18.1. The lowest BCUT2D eigenvalue weighted by Gasteiger charge is -2.28. The van der Waals surface area contributed by atoms with Gasteiger partial charge in [0.2, 0.25) is 5.95 Å². The number of amides is 1. The molecule has 2 N–H and O–H groups in total. The molecule has 0 saturated carbocycles. The van der Waals surface area contributed by atoms with Crippen LogP contribution in [0.5, 0.6) is 11.5 Å². The van der Waals surface area contributed by atoms with Gasteiger partial charge >= 0.3 is 0 Å². The van der Waals surface area contributed by atoms with E-state index in [-0.39, 0.29) is 5.91 Å². The van der Waals surface area contributed by atoms with E-state index in [9.17, 15) is 4.79 Å². The van der Waals surface area contributed by atoms with Crippen LogP contribution in [0.1, 0.15) is 31.0 Å². The summed E-state index contributed by atoms with van der Waals surface area (Å²) in [6, 6.07) is 10.8. The molecule has 0 spiro atoms. The van der Waals surface area contributed by atoms with Gasteiger partial charge in [0.1, 0.15) is 6.04 Å². The van der Waals surface area contributed by atoms with Crippen LogP contribution in [0.25, 0.3) is 0 Å². The highest BCUT2D eigenvalue weighted by Gasteiger charge is 2.35. The van der Waals surface area contributed by atoms with Crippen LogP contribution in [0, 0.1) is 6.92 Å². The van der Waals surface area contributed by atoms with E-state index in [0.29, 0.717) is 45.5 Å². The fraction of sp³-hybridized carbons (Fsp3) is 0.273. The second-order valence-electron chi connectivity index (χ2n) is 7.30. The zero-order valence-corrected chi connectivity index (χ0v) is 19.7. The quantitative estimate of drug-likeness (QED) is 0.527. The van der Waals surface area contributed by atoms with Crippen molar-refractivity contribution < 1.29 is 14.3 Å². The molecule has 1 aliphatic rings. The maximum absolute atomic E-state index is 13.4. The van der Waals surface area contributed by atoms with E-state index >= 15 is 0 Å². The summed E-state index contributed by atoms with van der Waals surface area (Å²) in [6.45, 7) is 6.22. The molecule has 2 aromatic carbocycles. The minimum absolute atomic E-state index is 0.256. The van der Waals surface area contributed by atoms with E-state index < -0.39 is 6.04 Å². The average molecular weight is 499 g/mol. The molecule has 2 heterocycles.